The van der Waals surface area contributed by atoms with Crippen molar-refractivity contribution < 1.29 is 24.2 Å². The molecule has 0 saturated carbocycles. The van der Waals surface area contributed by atoms with Crippen molar-refractivity contribution in [2.45, 2.75) is 48.0 Å². The van der Waals surface area contributed by atoms with Gasteiger partial charge >= 0.3 is 41.3 Å². The van der Waals surface area contributed by atoms with Crippen molar-refractivity contribution in [2.24, 2.45) is 5.92 Å². The SMILES string of the molecule is CC1=C(C)C[C-]=C1.CC1=[C-]C(C)C=C1.C[C](C)=[Zr+2]. The Bertz CT molecular complexity index is 388. The van der Waals surface area contributed by atoms with Crippen LogP contribution in [0.3, 0.4) is 0 Å². The zero-order chi connectivity index (χ0) is 14.1. The van der Waals surface area contributed by atoms with Crippen molar-refractivity contribution in [3.05, 3.63) is 47.1 Å². The van der Waals surface area contributed by atoms with Crippen LogP contribution in [0.2, 0.25) is 0 Å². The van der Waals surface area contributed by atoms with Gasteiger partial charge in [0.05, 0.1) is 0 Å². The summed E-state index contributed by atoms with van der Waals surface area (Å²) in [4.78, 5) is 0. The van der Waals surface area contributed by atoms with Gasteiger partial charge in [0.25, 0.3) is 0 Å². The van der Waals surface area contributed by atoms with E-state index in [1.807, 2.05) is 0 Å². The molecular formula is C17H24Zr. The van der Waals surface area contributed by atoms with Gasteiger partial charge in [0.15, 0.2) is 0 Å². The topological polar surface area (TPSA) is 0 Å². The Balaban J connectivity index is 0.000000253. The second-order valence-corrected chi connectivity index (χ2v) is 7.42. The molecule has 1 heteroatoms. The molecular weight excluding hydrogens is 295 g/mol. The van der Waals surface area contributed by atoms with E-state index in [1.165, 1.54) is 19.9 Å². The maximum atomic E-state index is 3.22. The van der Waals surface area contributed by atoms with Gasteiger partial charge in [0, 0.05) is 0 Å². The van der Waals surface area contributed by atoms with Gasteiger partial charge < -0.3 is 0 Å². The van der Waals surface area contributed by atoms with Crippen LogP contribution in [0, 0.1) is 18.1 Å². The van der Waals surface area contributed by atoms with Crippen LogP contribution in [0.4, 0.5) is 0 Å². The van der Waals surface area contributed by atoms with E-state index in [4.69, 9.17) is 0 Å². The van der Waals surface area contributed by atoms with Gasteiger partial charge in [-0.1, -0.05) is 26.7 Å². The quantitative estimate of drug-likeness (QED) is 0.564. The van der Waals surface area contributed by atoms with Crippen LogP contribution in [0.15, 0.2) is 34.9 Å². The molecule has 0 spiro atoms. The summed E-state index contributed by atoms with van der Waals surface area (Å²) in [6.45, 7) is 12.7. The summed E-state index contributed by atoms with van der Waals surface area (Å²) >= 11 is 1.55. The van der Waals surface area contributed by atoms with Gasteiger partial charge in [-0.15, -0.1) is 13.3 Å². The van der Waals surface area contributed by atoms with Crippen molar-refractivity contribution in [1.82, 2.24) is 0 Å². The van der Waals surface area contributed by atoms with Crippen LogP contribution >= 0.6 is 0 Å². The van der Waals surface area contributed by atoms with Gasteiger partial charge in [-0.25, -0.2) is 23.3 Å². The van der Waals surface area contributed by atoms with E-state index in [0.29, 0.717) is 5.92 Å². The Kier molecular flexibility index (Phi) is 9.46. The van der Waals surface area contributed by atoms with E-state index < -0.39 is 0 Å². The van der Waals surface area contributed by atoms with Crippen LogP contribution in [-0.2, 0) is 24.2 Å². The van der Waals surface area contributed by atoms with E-state index in [2.05, 4.69) is 71.9 Å². The molecule has 0 amide bonds. The zero-order valence-corrected chi connectivity index (χ0v) is 15.0. The maximum absolute atomic E-state index is 3.22. The van der Waals surface area contributed by atoms with Crippen LogP contribution in [0.5, 0.6) is 0 Å². The Morgan fingerprint density at radius 3 is 1.94 bits per heavy atom. The van der Waals surface area contributed by atoms with E-state index in [-0.39, 0.29) is 0 Å². The molecule has 0 radical (unpaired) electrons. The second kappa shape index (κ2) is 9.62. The molecule has 0 bridgehead atoms. The fourth-order valence-electron chi connectivity index (χ4n) is 1.36. The Labute approximate surface area is 128 Å². The summed E-state index contributed by atoms with van der Waals surface area (Å²) in [5, 5.41) is 0. The van der Waals surface area contributed by atoms with Crippen LogP contribution < -0.4 is 0 Å². The molecule has 0 aliphatic heterocycles. The number of allylic oxidation sites excluding steroid dienone is 8. The number of hydrogen-bond acceptors (Lipinski definition) is 0. The van der Waals surface area contributed by atoms with Gasteiger partial charge in [-0.3, -0.25) is 12.2 Å². The predicted molar refractivity (Wildman–Crippen MR) is 77.9 cm³/mol. The normalized spacial score (nSPS) is 20.0. The molecule has 0 heterocycles. The molecule has 0 N–H and O–H groups in total. The first-order chi connectivity index (χ1) is 8.32. The summed E-state index contributed by atoms with van der Waals surface area (Å²) < 4.78 is 1.51. The summed E-state index contributed by atoms with van der Waals surface area (Å²) in [7, 11) is 0. The number of hydrogen-bond donors (Lipinski definition) is 0. The zero-order valence-electron chi connectivity index (χ0n) is 12.5. The first-order valence-electron chi connectivity index (χ1n) is 6.36. The molecule has 1 atom stereocenters. The third kappa shape index (κ3) is 9.71. The Hall–Kier alpha value is -0.287. The molecule has 1 unspecified atom stereocenters. The summed E-state index contributed by atoms with van der Waals surface area (Å²) in [6, 6.07) is 0. The molecule has 2 aliphatic carbocycles. The standard InChI is InChI=1S/2C7H9.C3H6.Zr/c1-6-3-4-7(2)5-6;1-6-4-3-5-7(6)2;1-3-2;/h3-4,6H,1-2H3;4H,5H2,1-2H3;1-2H3;/q2*-1;;+2. The molecule has 18 heavy (non-hydrogen) atoms. The first kappa shape index (κ1) is 17.7. The fraction of sp³-hybridized carbons (Fsp3) is 0.471. The molecule has 2 rings (SSSR count). The molecule has 0 saturated heterocycles. The van der Waals surface area contributed by atoms with E-state index in [9.17, 15) is 0 Å². The van der Waals surface area contributed by atoms with Crippen LogP contribution in [0.25, 0.3) is 0 Å². The van der Waals surface area contributed by atoms with Crippen LogP contribution in [-0.4, -0.2) is 3.21 Å². The minimum atomic E-state index is 0.556. The molecule has 0 aromatic carbocycles. The average molecular weight is 320 g/mol. The average Bonchev–Trinajstić information content (AvgIpc) is 2.77. The minimum absolute atomic E-state index is 0.556. The van der Waals surface area contributed by atoms with Gasteiger partial charge in [-0.05, 0) is 0 Å². The number of rotatable bonds is 0. The monoisotopic (exact) mass is 318 g/mol. The van der Waals surface area contributed by atoms with Gasteiger partial charge in [0.2, 0.25) is 0 Å². The third-order valence-electron chi connectivity index (χ3n) is 2.45. The Morgan fingerprint density at radius 2 is 1.83 bits per heavy atom. The van der Waals surface area contributed by atoms with Gasteiger partial charge in [-0.2, -0.15) is 11.6 Å². The molecule has 2 aliphatic rings. The van der Waals surface area contributed by atoms with E-state index >= 15 is 0 Å². The predicted octanol–water partition coefficient (Wildman–Crippen LogP) is 4.77. The second-order valence-electron chi connectivity index (χ2n) is 4.96. The van der Waals surface area contributed by atoms with Crippen molar-refractivity contribution in [3.8, 4) is 0 Å². The Morgan fingerprint density at radius 1 is 1.28 bits per heavy atom. The van der Waals surface area contributed by atoms with Crippen molar-refractivity contribution in [1.29, 1.82) is 0 Å². The fourth-order valence-corrected chi connectivity index (χ4v) is 1.36. The van der Waals surface area contributed by atoms with E-state index in [1.54, 1.807) is 24.2 Å². The summed E-state index contributed by atoms with van der Waals surface area (Å²) in [5.74, 6) is 0.556. The summed E-state index contributed by atoms with van der Waals surface area (Å²) in [6.07, 6.45) is 13.7. The van der Waals surface area contributed by atoms with Crippen molar-refractivity contribution in [3.63, 3.8) is 0 Å². The molecule has 0 fully saturated rings. The third-order valence-corrected chi connectivity index (χ3v) is 2.45. The molecule has 0 aromatic rings. The van der Waals surface area contributed by atoms with Crippen molar-refractivity contribution >= 4 is 3.21 Å². The van der Waals surface area contributed by atoms with Crippen molar-refractivity contribution in [2.75, 3.05) is 0 Å². The van der Waals surface area contributed by atoms with Crippen LogP contribution in [0.1, 0.15) is 48.0 Å². The van der Waals surface area contributed by atoms with Gasteiger partial charge in [0.1, 0.15) is 0 Å². The summed E-state index contributed by atoms with van der Waals surface area (Å²) in [5.41, 5.74) is 4.12. The molecule has 96 valence electrons. The van der Waals surface area contributed by atoms with E-state index in [0.717, 1.165) is 6.42 Å². The molecule has 0 nitrogen and oxygen atoms in total. The first-order valence-corrected chi connectivity index (χ1v) is 7.58. The molecule has 0 aromatic heterocycles.